The number of aromatic nitrogens is 3. The Balaban J connectivity index is 1.18. The van der Waals surface area contributed by atoms with Crippen molar-refractivity contribution >= 4 is 54.3 Å². The van der Waals surface area contributed by atoms with Gasteiger partial charge >= 0.3 is 0 Å². The van der Waals surface area contributed by atoms with E-state index >= 15 is 0 Å². The Morgan fingerprint density at radius 1 is 0.347 bits per heavy atom. The molecule has 0 atom stereocenters. The topological polar surface area (TPSA) is 51.8 Å². The first kappa shape index (κ1) is 26.4. The van der Waals surface area contributed by atoms with Crippen molar-refractivity contribution in [2.24, 2.45) is 0 Å². The van der Waals surface area contributed by atoms with Gasteiger partial charge in [0.2, 0.25) is 0 Å². The zero-order valence-corrected chi connectivity index (χ0v) is 26.2. The minimum absolute atomic E-state index is 0.612. The summed E-state index contributed by atoms with van der Waals surface area (Å²) >= 11 is 0. The zero-order chi connectivity index (χ0) is 32.1. The monoisotopic (exact) mass is 623 g/mol. The summed E-state index contributed by atoms with van der Waals surface area (Å²) in [5.74, 6) is 1.87. The molecule has 0 N–H and O–H groups in total. The third-order valence-corrected chi connectivity index (χ3v) is 10.0. The van der Waals surface area contributed by atoms with Crippen LogP contribution in [0.15, 0.2) is 156 Å². The third kappa shape index (κ3) is 3.83. The van der Waals surface area contributed by atoms with Crippen molar-refractivity contribution < 1.29 is 4.42 Å². The van der Waals surface area contributed by atoms with Crippen LogP contribution < -0.4 is 0 Å². The molecule has 11 rings (SSSR count). The quantitative estimate of drug-likeness (QED) is 0.184. The Hall–Kier alpha value is -6.65. The van der Waals surface area contributed by atoms with E-state index in [1.807, 2.05) is 42.5 Å². The molecule has 0 aliphatic heterocycles. The minimum Gasteiger partial charge on any atom is -0.455 e. The first-order valence-corrected chi connectivity index (χ1v) is 16.5. The van der Waals surface area contributed by atoms with Crippen LogP contribution in [-0.2, 0) is 0 Å². The first-order valence-electron chi connectivity index (χ1n) is 16.5. The Kier molecular flexibility index (Phi) is 5.35. The predicted molar refractivity (Wildman–Crippen MR) is 200 cm³/mol. The normalized spacial score (nSPS) is 12.1. The molecule has 0 amide bonds. The molecule has 0 unspecified atom stereocenters. The maximum atomic E-state index is 6.71. The van der Waals surface area contributed by atoms with E-state index in [1.165, 1.54) is 43.8 Å². The van der Waals surface area contributed by atoms with Gasteiger partial charge in [-0.05, 0) is 62.0 Å². The van der Waals surface area contributed by atoms with Gasteiger partial charge in [0.1, 0.15) is 11.2 Å². The highest BCUT2D eigenvalue weighted by atomic mass is 16.3. The Morgan fingerprint density at radius 2 is 1.00 bits per heavy atom. The lowest BCUT2D eigenvalue weighted by Gasteiger charge is -2.10. The van der Waals surface area contributed by atoms with E-state index in [0.29, 0.717) is 17.5 Å². The number of fused-ring (bicyclic) bond motifs is 10. The molecule has 1 aliphatic rings. The van der Waals surface area contributed by atoms with Gasteiger partial charge in [-0.2, -0.15) is 0 Å². The van der Waals surface area contributed by atoms with Gasteiger partial charge in [0.05, 0.1) is 0 Å². The fourth-order valence-corrected chi connectivity index (χ4v) is 7.83. The summed E-state index contributed by atoms with van der Waals surface area (Å²) in [6.45, 7) is 0. The highest BCUT2D eigenvalue weighted by Crippen LogP contribution is 2.51. The Labute approximate surface area is 281 Å². The van der Waals surface area contributed by atoms with Crippen LogP contribution in [-0.4, -0.2) is 15.0 Å². The number of hydrogen-bond acceptors (Lipinski definition) is 4. The molecule has 0 saturated heterocycles. The molecular formula is C45H25N3O. The number of hydrogen-bond donors (Lipinski definition) is 0. The summed E-state index contributed by atoms with van der Waals surface area (Å²) in [4.78, 5) is 15.4. The molecule has 8 aromatic carbocycles. The third-order valence-electron chi connectivity index (χ3n) is 10.0. The molecule has 2 aromatic heterocycles. The van der Waals surface area contributed by atoms with Crippen LogP contribution in [0.4, 0.5) is 0 Å². The summed E-state index contributed by atoms with van der Waals surface area (Å²) in [5, 5.41) is 9.24. The molecule has 49 heavy (non-hydrogen) atoms. The average molecular weight is 624 g/mol. The van der Waals surface area contributed by atoms with Crippen molar-refractivity contribution in [3.05, 3.63) is 152 Å². The molecule has 226 valence electrons. The van der Waals surface area contributed by atoms with E-state index < -0.39 is 0 Å². The van der Waals surface area contributed by atoms with Crippen LogP contribution in [0.25, 0.3) is 111 Å². The van der Waals surface area contributed by atoms with E-state index in [-0.39, 0.29) is 0 Å². The fraction of sp³-hybridized carbons (Fsp3) is 0. The van der Waals surface area contributed by atoms with E-state index in [2.05, 4.69) is 109 Å². The van der Waals surface area contributed by atoms with Gasteiger partial charge in [0, 0.05) is 38.2 Å². The summed E-state index contributed by atoms with van der Waals surface area (Å²) in [6.07, 6.45) is 0. The highest BCUT2D eigenvalue weighted by molar-refractivity contribution is 6.27. The summed E-state index contributed by atoms with van der Waals surface area (Å²) in [7, 11) is 0. The second-order valence-corrected chi connectivity index (χ2v) is 12.8. The van der Waals surface area contributed by atoms with Gasteiger partial charge in [-0.3, -0.25) is 0 Å². The number of benzene rings is 8. The van der Waals surface area contributed by atoms with Gasteiger partial charge in [-0.25, -0.2) is 15.0 Å². The maximum absolute atomic E-state index is 6.71. The molecule has 1 aliphatic carbocycles. The van der Waals surface area contributed by atoms with Crippen LogP contribution in [0.1, 0.15) is 0 Å². The zero-order valence-electron chi connectivity index (χ0n) is 26.2. The van der Waals surface area contributed by atoms with Gasteiger partial charge in [-0.1, -0.05) is 133 Å². The summed E-state index contributed by atoms with van der Waals surface area (Å²) in [6, 6.07) is 53.2. The van der Waals surface area contributed by atoms with Gasteiger partial charge < -0.3 is 4.42 Å². The largest absolute Gasteiger partial charge is 0.455 e. The van der Waals surface area contributed by atoms with Crippen molar-refractivity contribution in [2.45, 2.75) is 0 Å². The predicted octanol–water partition coefficient (Wildman–Crippen LogP) is 11.9. The van der Waals surface area contributed by atoms with Crippen LogP contribution in [0, 0.1) is 0 Å². The summed E-state index contributed by atoms with van der Waals surface area (Å²) in [5.41, 5.74) is 9.49. The molecule has 0 radical (unpaired) electrons. The molecule has 0 fully saturated rings. The average Bonchev–Trinajstić information content (AvgIpc) is 3.72. The van der Waals surface area contributed by atoms with Crippen LogP contribution in [0.2, 0.25) is 0 Å². The van der Waals surface area contributed by atoms with E-state index in [1.54, 1.807) is 0 Å². The smallest absolute Gasteiger partial charge is 0.164 e. The molecule has 0 bridgehead atoms. The molecule has 2 heterocycles. The van der Waals surface area contributed by atoms with Crippen LogP contribution in [0.5, 0.6) is 0 Å². The minimum atomic E-state index is 0.612. The van der Waals surface area contributed by atoms with Crippen LogP contribution >= 0.6 is 0 Å². The number of rotatable bonds is 3. The maximum Gasteiger partial charge on any atom is 0.164 e. The van der Waals surface area contributed by atoms with E-state index in [9.17, 15) is 0 Å². The lowest BCUT2D eigenvalue weighted by atomic mass is 9.97. The first-order chi connectivity index (χ1) is 24.3. The van der Waals surface area contributed by atoms with Crippen molar-refractivity contribution in [1.82, 2.24) is 15.0 Å². The van der Waals surface area contributed by atoms with Crippen molar-refractivity contribution in [3.63, 3.8) is 0 Å². The lowest BCUT2D eigenvalue weighted by Crippen LogP contribution is -2.00. The molecule has 0 spiro atoms. The van der Waals surface area contributed by atoms with Crippen molar-refractivity contribution in [3.8, 4) is 56.4 Å². The van der Waals surface area contributed by atoms with Crippen LogP contribution in [0.3, 0.4) is 0 Å². The number of furan rings is 1. The molecule has 4 heteroatoms. The lowest BCUT2D eigenvalue weighted by molar-refractivity contribution is 0.673. The summed E-state index contributed by atoms with van der Waals surface area (Å²) < 4.78 is 6.71. The fourth-order valence-electron chi connectivity index (χ4n) is 7.83. The van der Waals surface area contributed by atoms with Crippen molar-refractivity contribution in [2.75, 3.05) is 0 Å². The molecule has 10 aromatic rings. The van der Waals surface area contributed by atoms with Crippen molar-refractivity contribution in [1.29, 1.82) is 0 Å². The van der Waals surface area contributed by atoms with E-state index in [0.717, 1.165) is 49.4 Å². The highest BCUT2D eigenvalue weighted by Gasteiger charge is 2.26. The van der Waals surface area contributed by atoms with Gasteiger partial charge in [0.25, 0.3) is 0 Å². The van der Waals surface area contributed by atoms with E-state index in [4.69, 9.17) is 19.4 Å². The second-order valence-electron chi connectivity index (χ2n) is 12.8. The standard InChI is InChI=1S/C45H25N3O/c1-2-11-27(12-3-1)43-46-44(29-22-23-31-28(24-29)21-20-26-10-4-5-13-30(26)31)48-45(47-43)36-18-9-19-39-41(36)38-25-37-33-15-7-6-14-32(33)34-16-8-17-35(40(34)37)42(38)49-39/h1-25H. The number of nitrogens with zero attached hydrogens (tertiary/aromatic N) is 3. The van der Waals surface area contributed by atoms with Gasteiger partial charge in [0.15, 0.2) is 17.5 Å². The molecule has 4 nitrogen and oxygen atoms in total. The SMILES string of the molecule is c1ccc(-c2nc(-c3ccc4c(ccc5ccccc54)c3)nc(-c3cccc4oc5c6cccc7c6c(cc5c34)-c3ccccc3-7)n2)cc1. The second kappa shape index (κ2) is 9.93. The Morgan fingerprint density at radius 3 is 1.90 bits per heavy atom. The van der Waals surface area contributed by atoms with Gasteiger partial charge in [-0.15, -0.1) is 0 Å². The molecular weight excluding hydrogens is 599 g/mol. The molecule has 0 saturated carbocycles. The Bertz CT molecular complexity index is 3000.